The van der Waals surface area contributed by atoms with Crippen LogP contribution in [0.4, 0.5) is 0 Å². The number of rotatable bonds is 6. The molecule has 0 bridgehead atoms. The lowest BCUT2D eigenvalue weighted by atomic mass is 10.0. The minimum atomic E-state index is -1.07. The Morgan fingerprint density at radius 1 is 1.26 bits per heavy atom. The molecule has 0 fully saturated rings. The minimum Gasteiger partial charge on any atom is -0.479 e. The van der Waals surface area contributed by atoms with Crippen LogP contribution in [0.5, 0.6) is 0 Å². The zero-order valence-electron chi connectivity index (χ0n) is 13.5. The van der Waals surface area contributed by atoms with Gasteiger partial charge in [-0.25, -0.2) is 4.79 Å². The van der Waals surface area contributed by atoms with Crippen molar-refractivity contribution >= 4 is 11.9 Å². The van der Waals surface area contributed by atoms with E-state index < -0.39 is 12.0 Å². The van der Waals surface area contributed by atoms with Crippen LogP contribution in [0.2, 0.25) is 0 Å². The molecule has 1 aromatic heterocycles. The van der Waals surface area contributed by atoms with Crippen LogP contribution in [0.25, 0.3) is 0 Å². The summed E-state index contributed by atoms with van der Waals surface area (Å²) in [6.45, 7) is 3.80. The highest BCUT2D eigenvalue weighted by Gasteiger charge is 2.22. The van der Waals surface area contributed by atoms with Crippen LogP contribution in [-0.2, 0) is 23.1 Å². The summed E-state index contributed by atoms with van der Waals surface area (Å²) in [7, 11) is 1.81. The number of hydrogen-bond acceptors (Lipinski definition) is 3. The number of carboxylic acid groups (broad SMARTS) is 1. The van der Waals surface area contributed by atoms with Crippen molar-refractivity contribution in [3.8, 4) is 0 Å². The SMILES string of the molecule is Cc1cc(C)cc(C(NC(=O)CCc2ccnn2C)C(=O)O)c1. The Hall–Kier alpha value is -2.63. The third-order valence-corrected chi connectivity index (χ3v) is 3.66. The van der Waals surface area contributed by atoms with Crippen LogP contribution in [0.1, 0.15) is 34.8 Å². The Morgan fingerprint density at radius 3 is 2.43 bits per heavy atom. The van der Waals surface area contributed by atoms with E-state index in [0.29, 0.717) is 12.0 Å². The van der Waals surface area contributed by atoms with E-state index in [0.717, 1.165) is 16.8 Å². The maximum atomic E-state index is 12.1. The number of carbonyl (C=O) groups is 2. The summed E-state index contributed by atoms with van der Waals surface area (Å²) in [5.41, 5.74) is 3.45. The summed E-state index contributed by atoms with van der Waals surface area (Å²) in [6.07, 6.45) is 2.40. The smallest absolute Gasteiger partial charge is 0.330 e. The molecule has 1 amide bonds. The number of aryl methyl sites for hydroxylation is 4. The van der Waals surface area contributed by atoms with Crippen molar-refractivity contribution in [1.82, 2.24) is 15.1 Å². The average molecular weight is 315 g/mol. The third kappa shape index (κ3) is 4.42. The fourth-order valence-corrected chi connectivity index (χ4v) is 2.59. The van der Waals surface area contributed by atoms with E-state index in [2.05, 4.69) is 10.4 Å². The Labute approximate surface area is 135 Å². The van der Waals surface area contributed by atoms with E-state index in [4.69, 9.17) is 0 Å². The standard InChI is InChI=1S/C17H21N3O3/c1-11-8-12(2)10-13(9-11)16(17(22)23)19-15(21)5-4-14-6-7-18-20(14)3/h6-10,16H,4-5H2,1-3H3,(H,19,21)(H,22,23). The molecule has 0 saturated heterocycles. The first-order chi connectivity index (χ1) is 10.9. The van der Waals surface area contributed by atoms with Crippen molar-refractivity contribution in [2.24, 2.45) is 7.05 Å². The van der Waals surface area contributed by atoms with Gasteiger partial charge >= 0.3 is 5.97 Å². The van der Waals surface area contributed by atoms with Gasteiger partial charge in [0.15, 0.2) is 6.04 Å². The Bertz CT molecular complexity index is 701. The molecule has 1 heterocycles. The molecule has 6 heteroatoms. The van der Waals surface area contributed by atoms with Crippen LogP contribution >= 0.6 is 0 Å². The second-order valence-electron chi connectivity index (χ2n) is 5.71. The topological polar surface area (TPSA) is 84.2 Å². The van der Waals surface area contributed by atoms with E-state index in [9.17, 15) is 14.7 Å². The first kappa shape index (κ1) is 16.7. The monoisotopic (exact) mass is 315 g/mol. The summed E-state index contributed by atoms with van der Waals surface area (Å²) in [5, 5.41) is 16.1. The molecule has 1 unspecified atom stereocenters. The highest BCUT2D eigenvalue weighted by atomic mass is 16.4. The number of nitrogens with one attached hydrogen (secondary N) is 1. The number of hydrogen-bond donors (Lipinski definition) is 2. The second-order valence-corrected chi connectivity index (χ2v) is 5.71. The molecule has 0 saturated carbocycles. The number of amides is 1. The second kappa shape index (κ2) is 7.09. The van der Waals surface area contributed by atoms with Gasteiger partial charge in [-0.1, -0.05) is 29.3 Å². The van der Waals surface area contributed by atoms with Gasteiger partial charge in [-0.15, -0.1) is 0 Å². The lowest BCUT2D eigenvalue weighted by Crippen LogP contribution is -2.34. The molecule has 6 nitrogen and oxygen atoms in total. The van der Waals surface area contributed by atoms with Gasteiger partial charge < -0.3 is 10.4 Å². The fraction of sp³-hybridized carbons (Fsp3) is 0.353. The van der Waals surface area contributed by atoms with Crippen molar-refractivity contribution < 1.29 is 14.7 Å². The van der Waals surface area contributed by atoms with Crippen LogP contribution in [-0.4, -0.2) is 26.8 Å². The van der Waals surface area contributed by atoms with Crippen LogP contribution in [0.15, 0.2) is 30.5 Å². The molecule has 0 aliphatic carbocycles. The molecule has 0 radical (unpaired) electrons. The maximum Gasteiger partial charge on any atom is 0.330 e. The van der Waals surface area contributed by atoms with Crippen LogP contribution in [0.3, 0.4) is 0 Å². The summed E-state index contributed by atoms with van der Waals surface area (Å²) in [5.74, 6) is -1.36. The molecule has 0 aliphatic heterocycles. The van der Waals surface area contributed by atoms with Gasteiger partial charge in [0, 0.05) is 25.4 Å². The molecular formula is C17H21N3O3. The van der Waals surface area contributed by atoms with Crippen molar-refractivity contribution in [1.29, 1.82) is 0 Å². The largest absolute Gasteiger partial charge is 0.479 e. The zero-order valence-corrected chi connectivity index (χ0v) is 13.5. The molecule has 2 aromatic rings. The van der Waals surface area contributed by atoms with Gasteiger partial charge in [0.05, 0.1) is 0 Å². The van der Waals surface area contributed by atoms with Gasteiger partial charge in [-0.3, -0.25) is 9.48 Å². The normalized spacial score (nSPS) is 12.0. The van der Waals surface area contributed by atoms with Gasteiger partial charge in [0.2, 0.25) is 5.91 Å². The quantitative estimate of drug-likeness (QED) is 0.853. The van der Waals surface area contributed by atoms with Gasteiger partial charge in [-0.05, 0) is 31.9 Å². The van der Waals surface area contributed by atoms with Gasteiger partial charge in [0.1, 0.15) is 0 Å². The highest BCUT2D eigenvalue weighted by molar-refractivity contribution is 5.84. The lowest BCUT2D eigenvalue weighted by molar-refractivity contribution is -0.142. The lowest BCUT2D eigenvalue weighted by Gasteiger charge is -2.16. The number of aliphatic carboxylic acids is 1. The van der Waals surface area contributed by atoms with E-state index >= 15 is 0 Å². The molecule has 0 aliphatic rings. The van der Waals surface area contributed by atoms with Gasteiger partial charge in [-0.2, -0.15) is 5.10 Å². The van der Waals surface area contributed by atoms with Gasteiger partial charge in [0.25, 0.3) is 0 Å². The Kier molecular flexibility index (Phi) is 5.16. The maximum absolute atomic E-state index is 12.1. The first-order valence-corrected chi connectivity index (χ1v) is 7.44. The molecule has 1 atom stereocenters. The average Bonchev–Trinajstić information content (AvgIpc) is 2.86. The molecule has 23 heavy (non-hydrogen) atoms. The first-order valence-electron chi connectivity index (χ1n) is 7.44. The van der Waals surface area contributed by atoms with Crippen molar-refractivity contribution in [2.45, 2.75) is 32.7 Å². The number of carbonyl (C=O) groups excluding carboxylic acids is 1. The van der Waals surface area contributed by atoms with Crippen molar-refractivity contribution in [3.05, 3.63) is 52.8 Å². The predicted octanol–water partition coefficient (Wildman–Crippen LogP) is 1.91. The highest BCUT2D eigenvalue weighted by Crippen LogP contribution is 2.18. The molecule has 2 rings (SSSR count). The van der Waals surface area contributed by atoms with Crippen LogP contribution in [0, 0.1) is 13.8 Å². The number of nitrogens with zero attached hydrogens (tertiary/aromatic N) is 2. The Morgan fingerprint density at radius 2 is 1.91 bits per heavy atom. The number of benzene rings is 1. The summed E-state index contributed by atoms with van der Waals surface area (Å²) >= 11 is 0. The molecule has 2 N–H and O–H groups in total. The molecule has 122 valence electrons. The summed E-state index contributed by atoms with van der Waals surface area (Å²) in [4.78, 5) is 23.6. The van der Waals surface area contributed by atoms with E-state index in [1.807, 2.05) is 33.0 Å². The molecule has 1 aromatic carbocycles. The number of aromatic nitrogens is 2. The fourth-order valence-electron chi connectivity index (χ4n) is 2.59. The minimum absolute atomic E-state index is 0.216. The number of carboxylic acids is 1. The molecular weight excluding hydrogens is 294 g/mol. The Balaban J connectivity index is 2.05. The van der Waals surface area contributed by atoms with Crippen molar-refractivity contribution in [2.75, 3.05) is 0 Å². The third-order valence-electron chi connectivity index (χ3n) is 3.66. The van der Waals surface area contributed by atoms with Crippen molar-refractivity contribution in [3.63, 3.8) is 0 Å². The zero-order chi connectivity index (χ0) is 17.0. The summed E-state index contributed by atoms with van der Waals surface area (Å²) < 4.78 is 1.70. The predicted molar refractivity (Wildman–Crippen MR) is 86.0 cm³/mol. The van der Waals surface area contributed by atoms with E-state index in [1.54, 1.807) is 23.0 Å². The van der Waals surface area contributed by atoms with E-state index in [-0.39, 0.29) is 12.3 Å². The molecule has 0 spiro atoms. The van der Waals surface area contributed by atoms with E-state index in [1.165, 1.54) is 0 Å². The summed E-state index contributed by atoms with van der Waals surface area (Å²) in [6, 6.07) is 6.34. The van der Waals surface area contributed by atoms with Crippen LogP contribution < -0.4 is 5.32 Å².